The standard InChI is InChI=1S/C28H34F2N4O7/c1-3-38-27(37)19-11-18(32-24(35)16-6-7-16)12-34(19)26(36)22-23(14(2)31)41-25(33-22)17-8-9-20(40-28(29)30)21(10-17)39-13-15-4-5-15/h8-10,14-16,18-19,28H,3-7,11-13,31H2,1-2H3,(H,32,35)/t14-,18+,19-/m0/s1. The van der Waals surface area contributed by atoms with Gasteiger partial charge in [0.1, 0.15) is 6.04 Å². The van der Waals surface area contributed by atoms with Crippen molar-refractivity contribution >= 4 is 17.8 Å². The molecule has 2 amide bonds. The molecule has 1 aliphatic heterocycles. The van der Waals surface area contributed by atoms with Crippen LogP contribution in [0.4, 0.5) is 8.78 Å². The van der Waals surface area contributed by atoms with Crippen LogP contribution in [0.5, 0.6) is 11.5 Å². The average Bonchev–Trinajstić information content (AvgIpc) is 3.86. The van der Waals surface area contributed by atoms with Crippen LogP contribution in [0.15, 0.2) is 22.6 Å². The summed E-state index contributed by atoms with van der Waals surface area (Å²) < 4.78 is 47.4. The second kappa shape index (κ2) is 12.0. The minimum absolute atomic E-state index is 0.0194. The first-order chi connectivity index (χ1) is 19.6. The summed E-state index contributed by atoms with van der Waals surface area (Å²) in [5, 5.41) is 2.93. The summed E-state index contributed by atoms with van der Waals surface area (Å²) in [6.45, 7) is 0.823. The van der Waals surface area contributed by atoms with Crippen LogP contribution >= 0.6 is 0 Å². The first-order valence-electron chi connectivity index (χ1n) is 13.9. The lowest BCUT2D eigenvalue weighted by Gasteiger charge is -2.22. The number of rotatable bonds is 12. The van der Waals surface area contributed by atoms with Gasteiger partial charge in [0, 0.05) is 30.5 Å². The molecule has 0 unspecified atom stereocenters. The summed E-state index contributed by atoms with van der Waals surface area (Å²) in [4.78, 5) is 44.8. The van der Waals surface area contributed by atoms with Crippen molar-refractivity contribution < 1.29 is 41.8 Å². The number of benzene rings is 1. The van der Waals surface area contributed by atoms with E-state index in [2.05, 4.69) is 15.0 Å². The average molecular weight is 577 g/mol. The highest BCUT2D eigenvalue weighted by Gasteiger charge is 2.44. The van der Waals surface area contributed by atoms with E-state index >= 15 is 0 Å². The zero-order chi connectivity index (χ0) is 29.3. The van der Waals surface area contributed by atoms with Gasteiger partial charge in [-0.25, -0.2) is 9.78 Å². The minimum Gasteiger partial charge on any atom is -0.489 e. The van der Waals surface area contributed by atoms with Crippen LogP contribution in [0.25, 0.3) is 11.5 Å². The van der Waals surface area contributed by atoms with Crippen molar-refractivity contribution in [2.45, 2.75) is 70.7 Å². The molecule has 11 nitrogen and oxygen atoms in total. The zero-order valence-corrected chi connectivity index (χ0v) is 22.9. The molecule has 3 aliphatic rings. The van der Waals surface area contributed by atoms with E-state index in [9.17, 15) is 23.2 Å². The molecule has 5 rings (SSSR count). The topological polar surface area (TPSA) is 146 Å². The third kappa shape index (κ3) is 6.77. The summed E-state index contributed by atoms with van der Waals surface area (Å²) in [5.74, 6) is -0.868. The highest BCUT2D eigenvalue weighted by molar-refractivity contribution is 5.97. The third-order valence-corrected chi connectivity index (χ3v) is 7.26. The molecule has 222 valence electrons. The van der Waals surface area contributed by atoms with Crippen LogP contribution in [0.1, 0.15) is 68.2 Å². The van der Waals surface area contributed by atoms with Gasteiger partial charge in [0.15, 0.2) is 23.0 Å². The van der Waals surface area contributed by atoms with Crippen LogP contribution in [0.2, 0.25) is 0 Å². The lowest BCUT2D eigenvalue weighted by Crippen LogP contribution is -2.43. The number of nitrogens with one attached hydrogen (secondary N) is 1. The van der Waals surface area contributed by atoms with E-state index in [4.69, 9.17) is 19.6 Å². The normalized spacial score (nSPS) is 21.1. The first-order valence-corrected chi connectivity index (χ1v) is 13.9. The molecule has 41 heavy (non-hydrogen) atoms. The maximum Gasteiger partial charge on any atom is 0.387 e. The summed E-state index contributed by atoms with van der Waals surface area (Å²) in [5.41, 5.74) is 6.40. The molecule has 13 heteroatoms. The van der Waals surface area contributed by atoms with Gasteiger partial charge in [0.25, 0.3) is 5.91 Å². The van der Waals surface area contributed by atoms with Gasteiger partial charge in [-0.2, -0.15) is 8.78 Å². The molecule has 2 aliphatic carbocycles. The van der Waals surface area contributed by atoms with Crippen molar-refractivity contribution in [3.8, 4) is 23.0 Å². The summed E-state index contributed by atoms with van der Waals surface area (Å²) >= 11 is 0. The molecule has 1 aromatic heterocycles. The number of carbonyl (C=O) groups excluding carboxylic acids is 3. The van der Waals surface area contributed by atoms with E-state index in [1.54, 1.807) is 13.8 Å². The lowest BCUT2D eigenvalue weighted by atomic mass is 10.1. The monoisotopic (exact) mass is 576 g/mol. The number of halogens is 2. The maximum absolute atomic E-state index is 13.8. The number of nitrogens with zero attached hydrogens (tertiary/aromatic N) is 2. The largest absolute Gasteiger partial charge is 0.489 e. The van der Waals surface area contributed by atoms with Crippen molar-refractivity contribution in [1.29, 1.82) is 0 Å². The molecule has 1 aromatic carbocycles. The number of aromatic nitrogens is 1. The number of nitrogens with two attached hydrogens (primary N) is 1. The Hall–Kier alpha value is -3.74. The van der Waals surface area contributed by atoms with Gasteiger partial charge in [-0.3, -0.25) is 9.59 Å². The molecule has 2 aromatic rings. The minimum atomic E-state index is -3.04. The van der Waals surface area contributed by atoms with Crippen LogP contribution in [0, 0.1) is 11.8 Å². The van der Waals surface area contributed by atoms with Crippen molar-refractivity contribution in [3.63, 3.8) is 0 Å². The van der Waals surface area contributed by atoms with Gasteiger partial charge in [-0.05, 0) is 63.6 Å². The van der Waals surface area contributed by atoms with E-state index in [0.717, 1.165) is 25.7 Å². The number of alkyl halides is 2. The number of ether oxygens (including phenoxy) is 3. The quantitative estimate of drug-likeness (QED) is 0.363. The predicted molar refractivity (Wildman–Crippen MR) is 140 cm³/mol. The Labute approximate surface area is 235 Å². The molecule has 3 fully saturated rings. The Balaban J connectivity index is 1.42. The number of amides is 2. The number of carbonyl (C=O) groups is 3. The fraction of sp³-hybridized carbons (Fsp3) is 0.571. The Bertz CT molecular complexity index is 1290. The van der Waals surface area contributed by atoms with E-state index in [1.165, 1.54) is 23.1 Å². The molecule has 3 N–H and O–H groups in total. The predicted octanol–water partition coefficient (Wildman–Crippen LogP) is 3.42. The number of hydrogen-bond donors (Lipinski definition) is 2. The van der Waals surface area contributed by atoms with Crippen molar-refractivity contribution in [2.24, 2.45) is 17.6 Å². The van der Waals surface area contributed by atoms with Crippen LogP contribution in [-0.4, -0.2) is 66.1 Å². The highest BCUT2D eigenvalue weighted by Crippen LogP contribution is 2.37. The molecule has 2 saturated carbocycles. The molecular weight excluding hydrogens is 542 g/mol. The zero-order valence-electron chi connectivity index (χ0n) is 22.9. The SMILES string of the molecule is CCOC(=O)[C@@H]1C[C@@H](NC(=O)C2CC2)CN1C(=O)c1nc(-c2ccc(OC(F)F)c(OCC3CC3)c2)oc1[C@H](C)N. The third-order valence-electron chi connectivity index (χ3n) is 7.26. The van der Waals surface area contributed by atoms with Crippen molar-refractivity contribution in [2.75, 3.05) is 19.8 Å². The smallest absolute Gasteiger partial charge is 0.387 e. The van der Waals surface area contributed by atoms with E-state index in [-0.39, 0.29) is 60.2 Å². The fourth-order valence-electron chi connectivity index (χ4n) is 4.78. The molecule has 3 atom stereocenters. The summed E-state index contributed by atoms with van der Waals surface area (Å²) in [7, 11) is 0. The lowest BCUT2D eigenvalue weighted by molar-refractivity contribution is -0.147. The van der Waals surface area contributed by atoms with Crippen LogP contribution < -0.4 is 20.5 Å². The molecule has 2 heterocycles. The summed E-state index contributed by atoms with van der Waals surface area (Å²) in [6, 6.07) is 2.16. The molecule has 1 saturated heterocycles. The molecule has 0 spiro atoms. The second-order valence-electron chi connectivity index (χ2n) is 10.8. The fourth-order valence-corrected chi connectivity index (χ4v) is 4.78. The number of oxazole rings is 1. The second-order valence-corrected chi connectivity index (χ2v) is 10.8. The van der Waals surface area contributed by atoms with E-state index < -0.39 is 36.6 Å². The number of hydrogen-bond acceptors (Lipinski definition) is 9. The first kappa shape index (κ1) is 28.8. The Kier molecular flexibility index (Phi) is 8.43. The number of likely N-dealkylation sites (tertiary alicyclic amines) is 1. The Morgan fingerprint density at radius 2 is 1.95 bits per heavy atom. The van der Waals surface area contributed by atoms with Gasteiger partial charge in [0.2, 0.25) is 11.8 Å². The molecular formula is C28H34F2N4O7. The van der Waals surface area contributed by atoms with Gasteiger partial charge < -0.3 is 34.6 Å². The molecule has 0 bridgehead atoms. The summed E-state index contributed by atoms with van der Waals surface area (Å²) in [6.07, 6.45) is 3.85. The van der Waals surface area contributed by atoms with Crippen molar-refractivity contribution in [3.05, 3.63) is 29.7 Å². The Morgan fingerprint density at radius 3 is 2.59 bits per heavy atom. The highest BCUT2D eigenvalue weighted by atomic mass is 19.3. The molecule has 0 radical (unpaired) electrons. The van der Waals surface area contributed by atoms with Crippen LogP contribution in [0.3, 0.4) is 0 Å². The van der Waals surface area contributed by atoms with Gasteiger partial charge in [0.05, 0.1) is 19.3 Å². The van der Waals surface area contributed by atoms with Gasteiger partial charge in [-0.1, -0.05) is 0 Å². The Morgan fingerprint density at radius 1 is 1.20 bits per heavy atom. The van der Waals surface area contributed by atoms with Gasteiger partial charge >= 0.3 is 12.6 Å². The maximum atomic E-state index is 13.8. The van der Waals surface area contributed by atoms with E-state index in [0.29, 0.717) is 18.1 Å². The van der Waals surface area contributed by atoms with E-state index in [1.807, 2.05) is 0 Å². The van der Waals surface area contributed by atoms with Crippen LogP contribution in [-0.2, 0) is 14.3 Å². The number of esters is 1. The van der Waals surface area contributed by atoms with Crippen molar-refractivity contribution in [1.82, 2.24) is 15.2 Å². The van der Waals surface area contributed by atoms with Gasteiger partial charge in [-0.15, -0.1) is 0 Å².